The Morgan fingerprint density at radius 3 is 2.37 bits per heavy atom. The van der Waals surface area contributed by atoms with E-state index in [0.29, 0.717) is 5.39 Å². The van der Waals surface area contributed by atoms with Gasteiger partial charge in [-0.05, 0) is 57.0 Å². The molecule has 6 heteroatoms. The van der Waals surface area contributed by atoms with Gasteiger partial charge < -0.3 is 14.8 Å². The number of aromatic amines is 1. The third-order valence-electron chi connectivity index (χ3n) is 6.00. The lowest BCUT2D eigenvalue weighted by molar-refractivity contribution is 0.207. The van der Waals surface area contributed by atoms with Crippen LogP contribution in [0.5, 0.6) is 0 Å². The molecule has 2 aliphatic heterocycles. The van der Waals surface area contributed by atoms with Gasteiger partial charge in [0.15, 0.2) is 0 Å². The Morgan fingerprint density at radius 2 is 1.63 bits per heavy atom. The molecule has 3 aromatic rings. The number of hydrogen-bond acceptors (Lipinski definition) is 4. The molecule has 0 unspecified atom stereocenters. The summed E-state index contributed by atoms with van der Waals surface area (Å²) in [5.74, 6) is 1.02. The number of pyridine rings is 2. The van der Waals surface area contributed by atoms with Gasteiger partial charge in [-0.2, -0.15) is 0 Å². The van der Waals surface area contributed by atoms with E-state index in [-0.39, 0.29) is 18.0 Å². The maximum absolute atomic E-state index is 12.2. The number of nitrogens with one attached hydrogen (secondary N) is 1. The normalized spacial score (nSPS) is 18.9. The molecular weight excluding hydrogens is 360 g/mol. The van der Waals surface area contributed by atoms with Crippen molar-refractivity contribution in [1.82, 2.24) is 14.9 Å². The molecule has 2 fully saturated rings. The van der Waals surface area contributed by atoms with Gasteiger partial charge in [0.1, 0.15) is 5.82 Å². The predicted molar refractivity (Wildman–Crippen MR) is 113 cm³/mol. The molecule has 0 saturated carbocycles. The summed E-state index contributed by atoms with van der Waals surface area (Å²) in [4.78, 5) is 25.2. The van der Waals surface area contributed by atoms with Gasteiger partial charge in [0.05, 0.1) is 11.0 Å². The summed E-state index contributed by atoms with van der Waals surface area (Å²) in [5, 5.41) is 1.64. The van der Waals surface area contributed by atoms with E-state index >= 15 is 0 Å². The van der Waals surface area contributed by atoms with Gasteiger partial charge in [-0.1, -0.05) is 18.2 Å². The zero-order valence-electron chi connectivity index (χ0n) is 15.4. The monoisotopic (exact) mass is 384 g/mol. The lowest BCUT2D eigenvalue weighted by Crippen LogP contribution is -2.44. The molecule has 0 atom stereocenters. The highest BCUT2D eigenvalue weighted by Gasteiger charge is 2.27. The number of hydrogen-bond donors (Lipinski definition) is 1. The molecule has 0 aliphatic carbocycles. The standard InChI is InChI=1S/C21H24N4O.ClH/c26-21-17-6-2-1-5-16(17)20-18(22-21)7-8-19(23-20)25-13-9-15(10-14-25)24-11-3-4-12-24;/h1-2,5-8,15H,3-4,9-14H2,(H,22,26);1H. The Kier molecular flexibility index (Phi) is 5.06. The van der Waals surface area contributed by atoms with Gasteiger partial charge in [-0.15, -0.1) is 12.4 Å². The molecule has 4 heterocycles. The fourth-order valence-electron chi connectivity index (χ4n) is 4.58. The number of H-pyrrole nitrogens is 1. The zero-order chi connectivity index (χ0) is 17.5. The van der Waals surface area contributed by atoms with E-state index in [0.717, 1.165) is 41.4 Å². The average molecular weight is 385 g/mol. The number of aromatic nitrogens is 2. The number of halogens is 1. The van der Waals surface area contributed by atoms with Gasteiger partial charge in [-0.3, -0.25) is 4.79 Å². The molecule has 27 heavy (non-hydrogen) atoms. The lowest BCUT2D eigenvalue weighted by Gasteiger charge is -2.37. The van der Waals surface area contributed by atoms with Crippen LogP contribution in [0, 0.1) is 0 Å². The third kappa shape index (κ3) is 3.30. The van der Waals surface area contributed by atoms with E-state index in [1.807, 2.05) is 36.4 Å². The largest absolute Gasteiger partial charge is 0.356 e. The molecule has 1 N–H and O–H groups in total. The molecule has 1 aromatic carbocycles. The first-order valence-electron chi connectivity index (χ1n) is 9.70. The van der Waals surface area contributed by atoms with Gasteiger partial charge >= 0.3 is 0 Å². The summed E-state index contributed by atoms with van der Waals surface area (Å²) < 4.78 is 0. The SMILES string of the molecule is Cl.O=c1[nH]c2ccc(N3CCC(N4CCCC4)CC3)nc2c2ccccc12. The Hall–Kier alpha value is -2.11. The molecule has 2 aromatic heterocycles. The van der Waals surface area contributed by atoms with Crippen LogP contribution in [0.4, 0.5) is 5.82 Å². The quantitative estimate of drug-likeness (QED) is 0.686. The van der Waals surface area contributed by atoms with E-state index < -0.39 is 0 Å². The van der Waals surface area contributed by atoms with Crippen LogP contribution in [-0.2, 0) is 0 Å². The Balaban J connectivity index is 0.00000180. The molecule has 5 rings (SSSR count). The number of rotatable bonds is 2. The van der Waals surface area contributed by atoms with Crippen LogP contribution in [0.25, 0.3) is 21.8 Å². The second-order valence-electron chi connectivity index (χ2n) is 7.53. The second-order valence-corrected chi connectivity index (χ2v) is 7.53. The second kappa shape index (κ2) is 7.49. The number of anilines is 1. The van der Waals surface area contributed by atoms with E-state index in [1.165, 1.54) is 38.8 Å². The minimum atomic E-state index is -0.0472. The smallest absolute Gasteiger partial charge is 0.256 e. The first-order chi connectivity index (χ1) is 12.8. The highest BCUT2D eigenvalue weighted by molar-refractivity contribution is 6.03. The fourth-order valence-corrected chi connectivity index (χ4v) is 4.58. The minimum Gasteiger partial charge on any atom is -0.356 e. The summed E-state index contributed by atoms with van der Waals surface area (Å²) >= 11 is 0. The Labute approximate surface area is 164 Å². The van der Waals surface area contributed by atoms with Crippen molar-refractivity contribution < 1.29 is 0 Å². The molecule has 142 valence electrons. The molecule has 0 amide bonds. The van der Waals surface area contributed by atoms with Crippen LogP contribution in [0.15, 0.2) is 41.2 Å². The molecule has 0 bridgehead atoms. The number of nitrogens with zero attached hydrogens (tertiary/aromatic N) is 3. The van der Waals surface area contributed by atoms with Crippen molar-refractivity contribution in [2.24, 2.45) is 0 Å². The third-order valence-corrected chi connectivity index (χ3v) is 6.00. The number of likely N-dealkylation sites (tertiary alicyclic amines) is 1. The summed E-state index contributed by atoms with van der Waals surface area (Å²) in [7, 11) is 0. The van der Waals surface area contributed by atoms with E-state index in [1.54, 1.807) is 0 Å². The molecule has 0 spiro atoms. The van der Waals surface area contributed by atoms with Crippen molar-refractivity contribution in [3.8, 4) is 0 Å². The van der Waals surface area contributed by atoms with Crippen LogP contribution in [-0.4, -0.2) is 47.1 Å². The van der Waals surface area contributed by atoms with E-state index in [9.17, 15) is 4.79 Å². The lowest BCUT2D eigenvalue weighted by atomic mass is 10.0. The minimum absolute atomic E-state index is 0. The van der Waals surface area contributed by atoms with Crippen LogP contribution in [0.2, 0.25) is 0 Å². The summed E-state index contributed by atoms with van der Waals surface area (Å²) in [6.45, 7) is 4.67. The van der Waals surface area contributed by atoms with Crippen molar-refractivity contribution in [3.05, 3.63) is 46.8 Å². The molecule has 5 nitrogen and oxygen atoms in total. The number of benzene rings is 1. The van der Waals surface area contributed by atoms with Gasteiger partial charge in [0, 0.05) is 29.9 Å². The van der Waals surface area contributed by atoms with Crippen molar-refractivity contribution in [3.63, 3.8) is 0 Å². The molecular formula is C21H25ClN4O. The summed E-state index contributed by atoms with van der Waals surface area (Å²) in [6.07, 6.45) is 5.15. The maximum Gasteiger partial charge on any atom is 0.256 e. The first-order valence-corrected chi connectivity index (χ1v) is 9.70. The molecule has 2 aliphatic rings. The zero-order valence-corrected chi connectivity index (χ0v) is 16.2. The fraction of sp³-hybridized carbons (Fsp3) is 0.429. The van der Waals surface area contributed by atoms with Crippen molar-refractivity contribution in [1.29, 1.82) is 0 Å². The van der Waals surface area contributed by atoms with Gasteiger partial charge in [0.2, 0.25) is 0 Å². The van der Waals surface area contributed by atoms with Crippen molar-refractivity contribution in [2.45, 2.75) is 31.7 Å². The number of fused-ring (bicyclic) bond motifs is 3. The van der Waals surface area contributed by atoms with E-state index in [2.05, 4.69) is 14.8 Å². The van der Waals surface area contributed by atoms with Crippen LogP contribution >= 0.6 is 12.4 Å². The molecule has 2 saturated heterocycles. The Morgan fingerprint density at radius 1 is 0.926 bits per heavy atom. The summed E-state index contributed by atoms with van der Waals surface area (Å²) in [6, 6.07) is 12.5. The van der Waals surface area contributed by atoms with Crippen LogP contribution < -0.4 is 10.5 Å². The van der Waals surface area contributed by atoms with E-state index in [4.69, 9.17) is 4.98 Å². The van der Waals surface area contributed by atoms with Crippen LogP contribution in [0.1, 0.15) is 25.7 Å². The Bertz CT molecular complexity index is 1000. The highest BCUT2D eigenvalue weighted by atomic mass is 35.5. The molecule has 0 radical (unpaired) electrons. The topological polar surface area (TPSA) is 52.2 Å². The summed E-state index contributed by atoms with van der Waals surface area (Å²) in [5.41, 5.74) is 1.65. The predicted octanol–water partition coefficient (Wildman–Crippen LogP) is 3.56. The van der Waals surface area contributed by atoms with Crippen molar-refractivity contribution in [2.75, 3.05) is 31.1 Å². The van der Waals surface area contributed by atoms with Crippen LogP contribution in [0.3, 0.4) is 0 Å². The average Bonchev–Trinajstić information content (AvgIpc) is 3.23. The maximum atomic E-state index is 12.2. The van der Waals surface area contributed by atoms with Crippen molar-refractivity contribution >= 4 is 40.0 Å². The highest BCUT2D eigenvalue weighted by Crippen LogP contribution is 2.26. The van der Waals surface area contributed by atoms with Gasteiger partial charge in [-0.25, -0.2) is 4.98 Å². The van der Waals surface area contributed by atoms with Gasteiger partial charge in [0.25, 0.3) is 5.56 Å². The first kappa shape index (κ1) is 18.3. The number of piperidine rings is 1.